The van der Waals surface area contributed by atoms with E-state index < -0.39 is 5.63 Å². The number of fused-ring (bicyclic) bond motifs is 5. The normalized spacial score (nSPS) is 14.1. The van der Waals surface area contributed by atoms with Crippen LogP contribution < -0.4 is 25.7 Å². The fraction of sp³-hybridized carbons (Fsp3) is 0.0435. The molecule has 3 aromatic carbocycles. The number of thioether (sulfide) groups is 1. The smallest absolute Gasteiger partial charge is 0.346 e. The zero-order chi connectivity index (χ0) is 19.4. The van der Waals surface area contributed by atoms with Crippen LogP contribution >= 0.6 is 11.8 Å². The van der Waals surface area contributed by atoms with Crippen molar-refractivity contribution >= 4 is 33.3 Å². The number of ether oxygens (including phenoxy) is 2. The van der Waals surface area contributed by atoms with E-state index >= 15 is 0 Å². The topological polar surface area (TPSA) is 61.0 Å². The predicted octanol–water partition coefficient (Wildman–Crippen LogP) is 3.74. The maximum Gasteiger partial charge on any atom is 0.346 e. The van der Waals surface area contributed by atoms with Crippen LogP contribution in [0.2, 0.25) is 0 Å². The number of benzene rings is 3. The highest BCUT2D eigenvalue weighted by atomic mass is 32.2. The number of nitrogens with zero attached hydrogens (tertiary/aromatic N) is 1. The summed E-state index contributed by atoms with van der Waals surface area (Å²) in [5.41, 5.74) is 1.80. The first-order valence-electron chi connectivity index (χ1n) is 9.10. The molecule has 140 valence electrons. The van der Waals surface area contributed by atoms with Gasteiger partial charge in [-0.05, 0) is 48.0 Å². The lowest BCUT2D eigenvalue weighted by molar-refractivity contribution is 0.174. The van der Waals surface area contributed by atoms with Gasteiger partial charge >= 0.3 is 5.63 Å². The first-order chi connectivity index (χ1) is 14.3. The number of hydrogen-bond donors (Lipinski definition) is 0. The van der Waals surface area contributed by atoms with E-state index in [4.69, 9.17) is 18.9 Å². The molecular formula is C23H13NO4S. The average molecular weight is 399 g/mol. The van der Waals surface area contributed by atoms with Gasteiger partial charge in [-0.1, -0.05) is 36.0 Å². The maximum atomic E-state index is 13.1. The summed E-state index contributed by atoms with van der Waals surface area (Å²) in [7, 11) is 0. The Kier molecular flexibility index (Phi) is 3.55. The van der Waals surface area contributed by atoms with E-state index in [9.17, 15) is 4.79 Å². The lowest BCUT2D eigenvalue weighted by Gasteiger charge is -2.08. The standard InChI is InChI=1S/C23H13NO4S/c25-23-20-21(14-5-1-3-7-16(14)28-23)24-15-6-2-4-8-19(15)29-22(20)13-9-10-17-18(11-13)27-12-26-17/h1-11H,12H2. The second kappa shape index (κ2) is 6.25. The first-order valence-corrected chi connectivity index (χ1v) is 9.91. The lowest BCUT2D eigenvalue weighted by Crippen LogP contribution is -2.40. The Morgan fingerprint density at radius 2 is 1.72 bits per heavy atom. The Bertz CT molecular complexity index is 1490. The van der Waals surface area contributed by atoms with Crippen molar-refractivity contribution in [1.29, 1.82) is 0 Å². The van der Waals surface area contributed by atoms with Crippen molar-refractivity contribution in [2.75, 3.05) is 6.79 Å². The molecule has 2 aliphatic heterocycles. The molecule has 4 aromatic rings. The first kappa shape index (κ1) is 16.4. The predicted molar refractivity (Wildman–Crippen MR) is 110 cm³/mol. The van der Waals surface area contributed by atoms with Gasteiger partial charge in [0.15, 0.2) is 11.5 Å². The molecule has 3 heterocycles. The summed E-state index contributed by atoms with van der Waals surface area (Å²) in [6, 6.07) is 21.1. The summed E-state index contributed by atoms with van der Waals surface area (Å²) in [4.78, 5) is 19.7. The van der Waals surface area contributed by atoms with Crippen molar-refractivity contribution in [1.82, 2.24) is 0 Å². The molecule has 0 amide bonds. The highest BCUT2D eigenvalue weighted by Crippen LogP contribution is 2.41. The Morgan fingerprint density at radius 1 is 0.897 bits per heavy atom. The Morgan fingerprint density at radius 3 is 2.69 bits per heavy atom. The summed E-state index contributed by atoms with van der Waals surface area (Å²) >= 11 is 1.51. The lowest BCUT2D eigenvalue weighted by atomic mass is 10.1. The molecule has 2 aliphatic rings. The van der Waals surface area contributed by atoms with Gasteiger partial charge in [-0.2, -0.15) is 0 Å². The molecule has 0 N–H and O–H groups in total. The summed E-state index contributed by atoms with van der Waals surface area (Å²) in [6.07, 6.45) is 0. The van der Waals surface area contributed by atoms with E-state index in [-0.39, 0.29) is 6.79 Å². The Labute approximate surface area is 168 Å². The Balaban J connectivity index is 1.79. The van der Waals surface area contributed by atoms with Crippen LogP contribution in [0, 0.1) is 0 Å². The van der Waals surface area contributed by atoms with Crippen LogP contribution in [0.1, 0.15) is 5.56 Å². The highest BCUT2D eigenvalue weighted by molar-refractivity contribution is 8.08. The summed E-state index contributed by atoms with van der Waals surface area (Å²) < 4.78 is 16.6. The van der Waals surface area contributed by atoms with Crippen molar-refractivity contribution in [2.45, 2.75) is 4.90 Å². The van der Waals surface area contributed by atoms with E-state index in [1.807, 2.05) is 60.7 Å². The minimum Gasteiger partial charge on any atom is -0.454 e. The molecule has 0 radical (unpaired) electrons. The van der Waals surface area contributed by atoms with E-state index in [1.54, 1.807) is 6.07 Å². The van der Waals surface area contributed by atoms with Crippen LogP contribution in [0.15, 0.2) is 85.8 Å². The zero-order valence-corrected chi connectivity index (χ0v) is 15.9. The minimum atomic E-state index is -0.407. The van der Waals surface area contributed by atoms with E-state index in [1.165, 1.54) is 11.8 Å². The third kappa shape index (κ3) is 2.57. The minimum absolute atomic E-state index is 0.197. The third-order valence-corrected chi connectivity index (χ3v) is 6.17. The maximum absolute atomic E-state index is 13.1. The summed E-state index contributed by atoms with van der Waals surface area (Å²) in [6.45, 7) is 0.197. The molecule has 29 heavy (non-hydrogen) atoms. The van der Waals surface area contributed by atoms with Crippen LogP contribution in [0.25, 0.3) is 15.9 Å². The number of rotatable bonds is 1. The number of para-hydroxylation sites is 2. The van der Waals surface area contributed by atoms with Crippen molar-refractivity contribution in [3.05, 3.63) is 93.3 Å². The van der Waals surface area contributed by atoms with Crippen LogP contribution in [0.4, 0.5) is 5.69 Å². The van der Waals surface area contributed by atoms with Crippen LogP contribution in [-0.2, 0) is 0 Å². The van der Waals surface area contributed by atoms with Crippen LogP contribution in [0.3, 0.4) is 0 Å². The summed E-state index contributed by atoms with van der Waals surface area (Å²) in [5.74, 6) is 1.36. The molecule has 0 aliphatic carbocycles. The second-order valence-electron chi connectivity index (χ2n) is 6.69. The van der Waals surface area contributed by atoms with Crippen molar-refractivity contribution in [3.63, 3.8) is 0 Å². The van der Waals surface area contributed by atoms with E-state index in [0.717, 1.165) is 26.4 Å². The van der Waals surface area contributed by atoms with Gasteiger partial charge < -0.3 is 13.9 Å². The molecule has 6 rings (SSSR count). The van der Waals surface area contributed by atoms with Gasteiger partial charge in [-0.25, -0.2) is 9.79 Å². The third-order valence-electron chi connectivity index (χ3n) is 4.96. The van der Waals surface area contributed by atoms with Gasteiger partial charge in [0.25, 0.3) is 0 Å². The average Bonchev–Trinajstić information content (AvgIpc) is 3.14. The monoisotopic (exact) mass is 399 g/mol. The molecule has 0 spiro atoms. The van der Waals surface area contributed by atoms with Gasteiger partial charge in [0.2, 0.25) is 6.79 Å². The number of hydrogen-bond acceptors (Lipinski definition) is 6. The molecule has 1 aromatic heterocycles. The fourth-order valence-electron chi connectivity index (χ4n) is 3.61. The molecule has 5 nitrogen and oxygen atoms in total. The zero-order valence-electron chi connectivity index (χ0n) is 15.0. The van der Waals surface area contributed by atoms with Gasteiger partial charge in [0.1, 0.15) is 10.8 Å². The molecule has 0 saturated heterocycles. The molecule has 0 fully saturated rings. The molecule has 6 heteroatoms. The van der Waals surface area contributed by atoms with Crippen LogP contribution in [-0.4, -0.2) is 6.79 Å². The van der Waals surface area contributed by atoms with Crippen LogP contribution in [0.5, 0.6) is 11.5 Å². The van der Waals surface area contributed by atoms with Gasteiger partial charge in [0.05, 0.1) is 11.0 Å². The Hall–Kier alpha value is -3.51. The van der Waals surface area contributed by atoms with Gasteiger partial charge in [0, 0.05) is 15.2 Å². The van der Waals surface area contributed by atoms with Gasteiger partial charge in [-0.15, -0.1) is 0 Å². The fourth-order valence-corrected chi connectivity index (χ4v) is 4.72. The highest BCUT2D eigenvalue weighted by Gasteiger charge is 2.21. The summed E-state index contributed by atoms with van der Waals surface area (Å²) in [5, 5.41) is 1.89. The molecule has 0 saturated carbocycles. The van der Waals surface area contributed by atoms with Crippen molar-refractivity contribution in [2.24, 2.45) is 4.99 Å². The van der Waals surface area contributed by atoms with Crippen molar-refractivity contribution in [3.8, 4) is 11.5 Å². The molecule has 0 atom stereocenters. The largest absolute Gasteiger partial charge is 0.454 e. The molecule has 0 unspecified atom stereocenters. The van der Waals surface area contributed by atoms with E-state index in [2.05, 4.69) is 0 Å². The quantitative estimate of drug-likeness (QED) is 0.457. The molecule has 0 bridgehead atoms. The molecular weight excluding hydrogens is 386 g/mol. The van der Waals surface area contributed by atoms with Crippen molar-refractivity contribution < 1.29 is 13.9 Å². The SMILES string of the molecule is O=c1oc2ccccc2c2c1=C(c1ccc3c(c1)OCO3)Sc1ccccc1N=2. The van der Waals surface area contributed by atoms with E-state index in [0.29, 0.717) is 27.7 Å². The second-order valence-corrected chi connectivity index (χ2v) is 7.74. The van der Waals surface area contributed by atoms with Gasteiger partial charge in [-0.3, -0.25) is 0 Å².